The summed E-state index contributed by atoms with van der Waals surface area (Å²) in [6.45, 7) is 4.13. The summed E-state index contributed by atoms with van der Waals surface area (Å²) in [7, 11) is 0. The molecule has 2 saturated carbocycles. The third-order valence-corrected chi connectivity index (χ3v) is 14.3. The zero-order valence-corrected chi connectivity index (χ0v) is 32.8. The smallest absolute Gasteiger partial charge is 0.255 e. The van der Waals surface area contributed by atoms with Gasteiger partial charge in [-0.05, 0) is 133 Å². The number of aryl methyl sites for hydroxylation is 1. The van der Waals surface area contributed by atoms with Crippen LogP contribution in [-0.4, -0.2) is 83.2 Å². The molecular weight excluding hydrogens is 732 g/mol. The van der Waals surface area contributed by atoms with E-state index in [-0.39, 0.29) is 36.7 Å². The molecule has 2 saturated heterocycles. The van der Waals surface area contributed by atoms with Gasteiger partial charge in [0.05, 0.1) is 0 Å². The van der Waals surface area contributed by atoms with E-state index in [0.29, 0.717) is 66.7 Å². The number of nitrogens with zero attached hydrogens (tertiary/aromatic N) is 3. The molecule has 10 heteroatoms. The van der Waals surface area contributed by atoms with E-state index in [1.54, 1.807) is 11.0 Å². The number of nitrogens with one attached hydrogen (secondary N) is 1. The molecule has 0 bridgehead atoms. The zero-order chi connectivity index (χ0) is 39.5. The van der Waals surface area contributed by atoms with Crippen LogP contribution in [0.1, 0.15) is 95.0 Å². The van der Waals surface area contributed by atoms with Gasteiger partial charge in [-0.3, -0.25) is 24.6 Å². The lowest BCUT2D eigenvalue weighted by Gasteiger charge is -2.39. The summed E-state index contributed by atoms with van der Waals surface area (Å²) < 4.78 is 22.6. The first-order chi connectivity index (χ1) is 28.2. The summed E-state index contributed by atoms with van der Waals surface area (Å²) in [4.78, 5) is 43.9. The third kappa shape index (κ3) is 6.93. The maximum Gasteiger partial charge on any atom is 0.255 e. The summed E-state index contributed by atoms with van der Waals surface area (Å²) in [5.41, 5.74) is 6.32. The molecule has 3 aliphatic carbocycles. The third-order valence-electron chi connectivity index (χ3n) is 14.3. The molecule has 58 heavy (non-hydrogen) atoms. The van der Waals surface area contributed by atoms with Gasteiger partial charge in [0.15, 0.2) is 0 Å². The Hall–Kier alpha value is -5.22. The largest absolute Gasteiger partial charge is 0.508 e. The predicted molar refractivity (Wildman–Crippen MR) is 219 cm³/mol. The van der Waals surface area contributed by atoms with Gasteiger partial charge in [0, 0.05) is 62.4 Å². The van der Waals surface area contributed by atoms with E-state index in [1.807, 2.05) is 30.3 Å². The number of anilines is 1. The van der Waals surface area contributed by atoms with Crippen molar-refractivity contribution >= 4 is 23.4 Å². The summed E-state index contributed by atoms with van der Waals surface area (Å²) in [5.74, 6) is 1.42. The number of fused-ring (bicyclic) bond motifs is 3. The van der Waals surface area contributed by atoms with E-state index in [2.05, 4.69) is 69.7 Å². The lowest BCUT2D eigenvalue weighted by atomic mass is 9.69. The standard InChI is InChI=1S/C48H51FN4O5/c49-48(29-58-39-11-6-31(7-12-39)45-40(30-4-2-1-3-5-30)13-8-32-25-38(54)10-15-41(32)45)26-33-22-37(23-34(33)27-48)52-20-18-51(19-21-52)36-9-14-42-35(24-36)28-53(47(42)57)43-16-17-44(55)50-46(43)56/h1-7,9-12,14-15,24-25,33-34,37,40,43,45,54H,8,13,16-23,26-29H2,(H,50,55,56)/t33?,34?,37?,40-,43?,45+,48?/m1/s1. The molecule has 0 aromatic heterocycles. The number of aromatic hydroxyl groups is 1. The molecule has 0 spiro atoms. The number of phenols is 1. The Kier molecular flexibility index (Phi) is 9.50. The van der Waals surface area contributed by atoms with Crippen molar-refractivity contribution in [1.82, 2.24) is 15.1 Å². The summed E-state index contributed by atoms with van der Waals surface area (Å²) in [5, 5.41) is 12.6. The molecule has 10 rings (SSSR count). The Balaban J connectivity index is 0.720. The Morgan fingerprint density at radius 2 is 1.55 bits per heavy atom. The zero-order valence-electron chi connectivity index (χ0n) is 32.8. The number of benzene rings is 4. The van der Waals surface area contributed by atoms with Gasteiger partial charge in [0.25, 0.3) is 5.91 Å². The normalized spacial score (nSPS) is 29.6. The monoisotopic (exact) mass is 782 g/mol. The van der Waals surface area contributed by atoms with E-state index in [0.717, 1.165) is 63.1 Å². The van der Waals surface area contributed by atoms with Crippen molar-refractivity contribution in [2.24, 2.45) is 11.8 Å². The minimum absolute atomic E-state index is 0.0819. The van der Waals surface area contributed by atoms with Crippen molar-refractivity contribution in [2.75, 3.05) is 37.7 Å². The van der Waals surface area contributed by atoms with E-state index < -0.39 is 11.7 Å². The van der Waals surface area contributed by atoms with E-state index >= 15 is 4.39 Å². The number of hydrogen-bond acceptors (Lipinski definition) is 7. The second-order valence-electron chi connectivity index (χ2n) is 17.7. The highest BCUT2D eigenvalue weighted by Crippen LogP contribution is 2.52. The number of imide groups is 1. The van der Waals surface area contributed by atoms with Gasteiger partial charge in [-0.1, -0.05) is 48.5 Å². The molecule has 4 aromatic rings. The number of carbonyl (C=O) groups excluding carboxylic acids is 3. The molecule has 6 aliphatic rings. The molecule has 4 fully saturated rings. The van der Waals surface area contributed by atoms with Crippen molar-refractivity contribution in [3.63, 3.8) is 0 Å². The highest BCUT2D eigenvalue weighted by Gasteiger charge is 2.51. The number of carbonyl (C=O) groups is 3. The summed E-state index contributed by atoms with van der Waals surface area (Å²) in [6.07, 6.45) is 5.71. The van der Waals surface area contributed by atoms with Gasteiger partial charge in [-0.2, -0.15) is 0 Å². The van der Waals surface area contributed by atoms with Crippen molar-refractivity contribution < 1.29 is 28.6 Å². The SMILES string of the molecule is O=C1CCC(N2Cc3cc(N4CCN(C5CC6CC(F)(COc7ccc([C@@H]8c9ccc(O)cc9CC[C@@H]8c8ccccc8)cc7)CC6C5)CC4)ccc3C2=O)C(=O)N1. The van der Waals surface area contributed by atoms with Crippen LogP contribution in [0.4, 0.5) is 10.1 Å². The second kappa shape index (κ2) is 14.9. The number of phenolic OH excluding ortho intramolecular Hbond substituents is 1. The number of hydrogen-bond donors (Lipinski definition) is 2. The Morgan fingerprint density at radius 1 is 0.793 bits per heavy atom. The average molecular weight is 783 g/mol. The van der Waals surface area contributed by atoms with Crippen LogP contribution in [0.2, 0.25) is 0 Å². The minimum atomic E-state index is -1.32. The maximum atomic E-state index is 16.4. The first-order valence-electron chi connectivity index (χ1n) is 21.2. The maximum absolute atomic E-state index is 16.4. The molecule has 4 aromatic carbocycles. The Bertz CT molecular complexity index is 2210. The fraction of sp³-hybridized carbons (Fsp3) is 0.438. The topological polar surface area (TPSA) is 102 Å². The van der Waals surface area contributed by atoms with Crippen LogP contribution in [0.3, 0.4) is 0 Å². The van der Waals surface area contributed by atoms with Crippen LogP contribution in [0.25, 0.3) is 0 Å². The Labute approximate surface area is 339 Å². The number of amides is 3. The average Bonchev–Trinajstić information content (AvgIpc) is 3.89. The van der Waals surface area contributed by atoms with Crippen LogP contribution in [-0.2, 0) is 22.6 Å². The quantitative estimate of drug-likeness (QED) is 0.184. The molecule has 0 radical (unpaired) electrons. The van der Waals surface area contributed by atoms with Crippen LogP contribution in [0.15, 0.2) is 91.0 Å². The molecule has 3 heterocycles. The van der Waals surface area contributed by atoms with Crippen molar-refractivity contribution in [3.05, 3.63) is 124 Å². The van der Waals surface area contributed by atoms with Crippen molar-refractivity contribution in [2.45, 2.75) is 87.5 Å². The predicted octanol–water partition coefficient (Wildman–Crippen LogP) is 7.11. The number of halogens is 1. The highest BCUT2D eigenvalue weighted by molar-refractivity contribution is 6.05. The number of ether oxygens (including phenoxy) is 1. The lowest BCUT2D eigenvalue weighted by molar-refractivity contribution is -0.136. The number of piperidine rings is 1. The molecule has 2 N–H and O–H groups in total. The van der Waals surface area contributed by atoms with Gasteiger partial charge < -0.3 is 19.6 Å². The fourth-order valence-corrected chi connectivity index (χ4v) is 11.5. The van der Waals surface area contributed by atoms with Crippen molar-refractivity contribution in [3.8, 4) is 11.5 Å². The molecule has 3 aliphatic heterocycles. The number of piperazine rings is 1. The van der Waals surface area contributed by atoms with Crippen LogP contribution in [0.5, 0.6) is 11.5 Å². The van der Waals surface area contributed by atoms with E-state index in [1.165, 1.54) is 22.3 Å². The summed E-state index contributed by atoms with van der Waals surface area (Å²) >= 11 is 0. The number of rotatable bonds is 8. The second-order valence-corrected chi connectivity index (χ2v) is 17.7. The van der Waals surface area contributed by atoms with Gasteiger partial charge in [0.2, 0.25) is 11.8 Å². The molecule has 3 unspecified atom stereocenters. The summed E-state index contributed by atoms with van der Waals surface area (Å²) in [6, 6.07) is 30.6. The first kappa shape index (κ1) is 37.1. The van der Waals surface area contributed by atoms with Crippen LogP contribution < -0.4 is 15.0 Å². The van der Waals surface area contributed by atoms with Gasteiger partial charge >= 0.3 is 0 Å². The number of alkyl halides is 1. The van der Waals surface area contributed by atoms with Crippen LogP contribution >= 0.6 is 0 Å². The van der Waals surface area contributed by atoms with Gasteiger partial charge in [-0.25, -0.2) is 4.39 Å². The van der Waals surface area contributed by atoms with Gasteiger partial charge in [-0.15, -0.1) is 0 Å². The molecule has 5 atom stereocenters. The Morgan fingerprint density at radius 3 is 2.29 bits per heavy atom. The van der Waals surface area contributed by atoms with Crippen LogP contribution in [0, 0.1) is 11.8 Å². The van der Waals surface area contributed by atoms with E-state index in [9.17, 15) is 19.5 Å². The van der Waals surface area contributed by atoms with Crippen molar-refractivity contribution in [1.29, 1.82) is 0 Å². The lowest BCUT2D eigenvalue weighted by Crippen LogP contribution is -2.52. The van der Waals surface area contributed by atoms with Gasteiger partial charge in [0.1, 0.15) is 29.8 Å². The van der Waals surface area contributed by atoms with E-state index in [4.69, 9.17) is 4.74 Å². The highest BCUT2D eigenvalue weighted by atomic mass is 19.1. The molecular formula is C48H51FN4O5. The molecule has 300 valence electrons. The molecule has 9 nitrogen and oxygen atoms in total. The minimum Gasteiger partial charge on any atom is -0.508 e. The first-order valence-corrected chi connectivity index (χ1v) is 21.2. The molecule has 3 amide bonds. The fourth-order valence-electron chi connectivity index (χ4n) is 11.5.